The van der Waals surface area contributed by atoms with Crippen molar-refractivity contribution in [1.82, 2.24) is 0 Å². The van der Waals surface area contributed by atoms with Crippen molar-refractivity contribution in [3.8, 4) is 0 Å². The molecule has 292 valence electrons. The van der Waals surface area contributed by atoms with Gasteiger partial charge in [-0.25, -0.2) is 0 Å². The zero-order valence-electron chi connectivity index (χ0n) is 34.7. The van der Waals surface area contributed by atoms with Gasteiger partial charge < -0.3 is 14.7 Å². The molecular weight excluding hydrogens is 725 g/mol. The van der Waals surface area contributed by atoms with Crippen molar-refractivity contribution in [3.63, 3.8) is 0 Å². The predicted octanol–water partition coefficient (Wildman–Crippen LogP) is 11.8. The maximum atomic E-state index is 2.91. The molecular formula is C56H50BN3. The topological polar surface area (TPSA) is 9.72 Å². The lowest BCUT2D eigenvalue weighted by atomic mass is 9.33. The fraction of sp³-hybridized carbons (Fsp3) is 0.250. The van der Waals surface area contributed by atoms with E-state index in [2.05, 4.69) is 198 Å². The number of fused-ring (bicyclic) bond motifs is 10. The van der Waals surface area contributed by atoms with Gasteiger partial charge in [-0.15, -0.1) is 0 Å². The van der Waals surface area contributed by atoms with Crippen LogP contribution in [0.1, 0.15) is 87.5 Å². The van der Waals surface area contributed by atoms with Gasteiger partial charge in [-0.05, 0) is 115 Å². The minimum atomic E-state index is -0.175. The van der Waals surface area contributed by atoms with E-state index in [9.17, 15) is 0 Å². The number of nitrogens with zero attached hydrogens (tertiary/aromatic N) is 3. The summed E-state index contributed by atoms with van der Waals surface area (Å²) < 4.78 is 0. The van der Waals surface area contributed by atoms with E-state index >= 15 is 0 Å². The molecule has 4 heteroatoms. The first-order chi connectivity index (χ1) is 29.5. The van der Waals surface area contributed by atoms with Crippen LogP contribution in [0.4, 0.5) is 39.8 Å². The van der Waals surface area contributed by atoms with E-state index in [-0.39, 0.29) is 28.6 Å². The van der Waals surface area contributed by atoms with Crippen LogP contribution in [0.15, 0.2) is 170 Å². The Bertz CT molecular complexity index is 2860. The summed E-state index contributed by atoms with van der Waals surface area (Å²) in [5.74, 6) is 0. The molecule has 6 aliphatic rings. The molecule has 60 heavy (non-hydrogen) atoms. The van der Waals surface area contributed by atoms with Crippen LogP contribution in [0.3, 0.4) is 0 Å². The summed E-state index contributed by atoms with van der Waals surface area (Å²) in [6, 6.07) is 65.6. The molecule has 13 rings (SSSR count). The van der Waals surface area contributed by atoms with Gasteiger partial charge in [-0.1, -0.05) is 159 Å². The molecule has 7 aromatic carbocycles. The highest BCUT2D eigenvalue weighted by Gasteiger charge is 2.65. The number of rotatable bonds is 4. The van der Waals surface area contributed by atoms with Crippen LogP contribution in [0, 0.1) is 0 Å². The quantitative estimate of drug-likeness (QED) is 0.165. The van der Waals surface area contributed by atoms with Gasteiger partial charge in [-0.2, -0.15) is 0 Å². The van der Waals surface area contributed by atoms with Gasteiger partial charge in [0.15, 0.2) is 0 Å². The van der Waals surface area contributed by atoms with Crippen LogP contribution >= 0.6 is 0 Å². The molecule has 7 aromatic rings. The van der Waals surface area contributed by atoms with Crippen molar-refractivity contribution in [3.05, 3.63) is 192 Å². The summed E-state index contributed by atoms with van der Waals surface area (Å²) in [5.41, 5.74) is 18.9. The zero-order valence-corrected chi connectivity index (χ0v) is 34.7. The second-order valence-electron chi connectivity index (χ2n) is 19.0. The second-order valence-corrected chi connectivity index (χ2v) is 19.0. The van der Waals surface area contributed by atoms with E-state index in [1.807, 2.05) is 0 Å². The van der Waals surface area contributed by atoms with E-state index in [4.69, 9.17) is 0 Å². The number of hydrogen-bond donors (Lipinski definition) is 0. The van der Waals surface area contributed by atoms with Crippen LogP contribution in [0.25, 0.3) is 0 Å². The Labute approximate surface area is 355 Å². The number of anilines is 7. The minimum absolute atomic E-state index is 0.113. The summed E-state index contributed by atoms with van der Waals surface area (Å²) in [5, 5.41) is 0. The molecule has 4 heterocycles. The van der Waals surface area contributed by atoms with Crippen molar-refractivity contribution in [2.45, 2.75) is 87.1 Å². The van der Waals surface area contributed by atoms with Crippen molar-refractivity contribution in [1.29, 1.82) is 0 Å². The van der Waals surface area contributed by atoms with Gasteiger partial charge in [0.2, 0.25) is 0 Å². The molecule has 2 fully saturated rings. The molecule has 2 saturated carbocycles. The highest BCUT2D eigenvalue weighted by molar-refractivity contribution is 7.00. The maximum Gasteiger partial charge on any atom is 0.252 e. The maximum absolute atomic E-state index is 2.91. The molecule has 0 spiro atoms. The van der Waals surface area contributed by atoms with E-state index in [1.54, 1.807) is 0 Å². The lowest BCUT2D eigenvalue weighted by molar-refractivity contribution is 0.214. The first kappa shape index (κ1) is 34.8. The van der Waals surface area contributed by atoms with Crippen molar-refractivity contribution >= 4 is 62.9 Å². The van der Waals surface area contributed by atoms with Crippen LogP contribution in [-0.4, -0.2) is 17.8 Å². The molecule has 0 amide bonds. The molecule has 0 bridgehead atoms. The zero-order chi connectivity index (χ0) is 39.8. The van der Waals surface area contributed by atoms with E-state index < -0.39 is 0 Å². The molecule has 0 saturated heterocycles. The van der Waals surface area contributed by atoms with E-state index in [1.165, 1.54) is 104 Å². The molecule has 0 aromatic heterocycles. The van der Waals surface area contributed by atoms with Crippen molar-refractivity contribution in [2.75, 3.05) is 14.7 Å². The molecule has 2 aliphatic carbocycles. The Morgan fingerprint density at radius 2 is 0.933 bits per heavy atom. The summed E-state index contributed by atoms with van der Waals surface area (Å²) in [7, 11) is 0. The molecule has 0 N–H and O–H groups in total. The Morgan fingerprint density at radius 3 is 1.63 bits per heavy atom. The third-order valence-corrected chi connectivity index (χ3v) is 16.6. The predicted molar refractivity (Wildman–Crippen MR) is 251 cm³/mol. The Hall–Kier alpha value is -6.00. The molecule has 4 atom stereocenters. The van der Waals surface area contributed by atoms with Gasteiger partial charge in [-0.3, -0.25) is 0 Å². The summed E-state index contributed by atoms with van der Waals surface area (Å²) in [4.78, 5) is 8.34. The number of hydrogen-bond acceptors (Lipinski definition) is 3. The van der Waals surface area contributed by atoms with Crippen LogP contribution < -0.4 is 31.1 Å². The van der Waals surface area contributed by atoms with Gasteiger partial charge in [0.05, 0.1) is 11.1 Å². The summed E-state index contributed by atoms with van der Waals surface area (Å²) in [6.45, 7) is 5.34. The molecule has 4 unspecified atom stereocenters. The van der Waals surface area contributed by atoms with Gasteiger partial charge in [0.25, 0.3) is 6.71 Å². The van der Waals surface area contributed by atoms with Gasteiger partial charge in [0.1, 0.15) is 0 Å². The first-order valence-corrected chi connectivity index (χ1v) is 22.6. The lowest BCUT2D eigenvalue weighted by Gasteiger charge is -2.55. The SMILES string of the molecule is CC12CCCCC1(c1ccccc1)c1ccccc1N2c1cc2c3c(c1)N1c4c(cccc4C4(c5ccccc5)CCCCC14C)B3c1ccccc1N2c1ccccc1. The van der Waals surface area contributed by atoms with Crippen LogP contribution in [0.2, 0.25) is 0 Å². The fourth-order valence-electron chi connectivity index (χ4n) is 14.3. The highest BCUT2D eigenvalue weighted by Crippen LogP contribution is 2.67. The normalized spacial score (nSPS) is 26.4. The summed E-state index contributed by atoms with van der Waals surface area (Å²) in [6.07, 6.45) is 9.48. The minimum Gasteiger partial charge on any atom is -0.335 e. The van der Waals surface area contributed by atoms with E-state index in [0.29, 0.717) is 0 Å². The molecule has 3 nitrogen and oxygen atoms in total. The largest absolute Gasteiger partial charge is 0.335 e. The van der Waals surface area contributed by atoms with Gasteiger partial charge >= 0.3 is 0 Å². The Kier molecular flexibility index (Phi) is 7.13. The monoisotopic (exact) mass is 775 g/mol. The van der Waals surface area contributed by atoms with Crippen LogP contribution in [0.5, 0.6) is 0 Å². The lowest BCUT2D eigenvalue weighted by Crippen LogP contribution is -2.65. The highest BCUT2D eigenvalue weighted by atomic mass is 15.3. The van der Waals surface area contributed by atoms with E-state index in [0.717, 1.165) is 25.7 Å². The van der Waals surface area contributed by atoms with Crippen molar-refractivity contribution in [2.24, 2.45) is 0 Å². The average molecular weight is 776 g/mol. The Morgan fingerprint density at radius 1 is 0.417 bits per heavy atom. The third-order valence-electron chi connectivity index (χ3n) is 16.6. The average Bonchev–Trinajstić information content (AvgIpc) is 3.70. The standard InChI is InChI=1S/C56H50BN3/c1-53-33-16-18-35-55(53,39-21-6-3-7-22-39)43-27-12-14-31-47(43)59(53)42-37-49-51-50(38-42)60-52-44(56(40-23-8-4-9-24-40)36-19-17-34-54(56,60)2)28-20-30-46(52)57(51)45-29-13-15-32-48(45)58(49)41-25-10-5-11-26-41/h3-15,20-32,37-38H,16-19,33-36H2,1-2H3. The third kappa shape index (κ3) is 4.08. The molecule has 4 aliphatic heterocycles. The molecule has 0 radical (unpaired) electrons. The van der Waals surface area contributed by atoms with Crippen LogP contribution in [-0.2, 0) is 10.8 Å². The smallest absolute Gasteiger partial charge is 0.252 e. The van der Waals surface area contributed by atoms with Gasteiger partial charge in [0, 0.05) is 50.6 Å². The fourth-order valence-corrected chi connectivity index (χ4v) is 14.3. The number of para-hydroxylation sites is 4. The summed E-state index contributed by atoms with van der Waals surface area (Å²) >= 11 is 0. The van der Waals surface area contributed by atoms with Crippen molar-refractivity contribution < 1.29 is 0 Å². The second kappa shape index (κ2) is 12.3. The Balaban J connectivity index is 1.15. The number of benzene rings is 7. The first-order valence-electron chi connectivity index (χ1n) is 22.6.